The highest BCUT2D eigenvalue weighted by molar-refractivity contribution is 9.10. The van der Waals surface area contributed by atoms with Crippen LogP contribution in [-0.4, -0.2) is 24.4 Å². The molecule has 0 radical (unpaired) electrons. The minimum Gasteiger partial charge on any atom is -0.275 e. The lowest BCUT2D eigenvalue weighted by atomic mass is 10.1. The summed E-state index contributed by atoms with van der Waals surface area (Å²) >= 11 is 9.32. The fourth-order valence-corrected chi connectivity index (χ4v) is 4.06. The van der Waals surface area contributed by atoms with Gasteiger partial charge in [0.1, 0.15) is 4.90 Å². The second kappa shape index (κ2) is 8.73. The van der Waals surface area contributed by atoms with Gasteiger partial charge in [0.05, 0.1) is 10.7 Å². The maximum atomic E-state index is 12.5. The third-order valence-corrected chi connectivity index (χ3v) is 6.07. The van der Waals surface area contributed by atoms with Crippen molar-refractivity contribution in [3.63, 3.8) is 0 Å². The van der Waals surface area contributed by atoms with Crippen LogP contribution >= 0.6 is 27.5 Å². The molecule has 1 aromatic heterocycles. The molecule has 1 heterocycles. The van der Waals surface area contributed by atoms with Gasteiger partial charge >= 0.3 is 6.03 Å². The third kappa shape index (κ3) is 5.20. The van der Waals surface area contributed by atoms with Crippen molar-refractivity contribution in [1.82, 2.24) is 14.7 Å². The first-order chi connectivity index (χ1) is 13.8. The largest absolute Gasteiger partial charge is 0.335 e. The Kier molecular flexibility index (Phi) is 6.31. The van der Waals surface area contributed by atoms with E-state index < -0.39 is 16.1 Å². The molecule has 0 bridgehead atoms. The molecule has 0 aliphatic rings. The molecular weight excluding hydrogens is 480 g/mol. The molecule has 2 amide bonds. The highest BCUT2D eigenvalue weighted by Gasteiger charge is 2.21. The average molecular weight is 494 g/mol. The summed E-state index contributed by atoms with van der Waals surface area (Å²) in [5.41, 5.74) is 1.91. The number of benzene rings is 2. The highest BCUT2D eigenvalue weighted by Crippen LogP contribution is 2.23. The number of urea groups is 1. The minimum absolute atomic E-state index is 0.0237. The number of sulfonamides is 1. The molecule has 3 rings (SSSR count). The smallest absolute Gasteiger partial charge is 0.275 e. The number of rotatable bonds is 5. The maximum Gasteiger partial charge on any atom is 0.335 e. The summed E-state index contributed by atoms with van der Waals surface area (Å²) < 4.78 is 27.8. The Morgan fingerprint density at radius 1 is 1.14 bits per heavy atom. The summed E-state index contributed by atoms with van der Waals surface area (Å²) in [6, 6.07) is 12.4. The van der Waals surface area contributed by atoms with Gasteiger partial charge in [-0.1, -0.05) is 58.4 Å². The molecule has 2 N–H and O–H groups in total. The molecule has 0 aliphatic heterocycles. The predicted molar refractivity (Wildman–Crippen MR) is 116 cm³/mol. The lowest BCUT2D eigenvalue weighted by Gasteiger charge is -2.10. The van der Waals surface area contributed by atoms with Crippen LogP contribution in [0, 0.1) is 0 Å². The lowest BCUT2D eigenvalue weighted by Crippen LogP contribution is -2.35. The quantitative estimate of drug-likeness (QED) is 0.536. The second-order valence-electron chi connectivity index (χ2n) is 5.73. The van der Waals surface area contributed by atoms with Crippen LogP contribution in [0.1, 0.15) is 5.56 Å². The monoisotopic (exact) mass is 492 g/mol. The fourth-order valence-electron chi connectivity index (χ4n) is 2.36. The molecule has 0 saturated heterocycles. The van der Waals surface area contributed by atoms with Crippen LogP contribution in [0.3, 0.4) is 0 Å². The summed E-state index contributed by atoms with van der Waals surface area (Å²) in [6.07, 6.45) is 2.93. The molecule has 2 aromatic carbocycles. The van der Waals surface area contributed by atoms with E-state index >= 15 is 0 Å². The molecule has 29 heavy (non-hydrogen) atoms. The number of carbonyl (C=O) groups is 1. The first-order valence-corrected chi connectivity index (χ1v) is 10.8. The zero-order chi connectivity index (χ0) is 21.0. The Morgan fingerprint density at radius 3 is 2.55 bits per heavy atom. The molecule has 3 aromatic rings. The zero-order valence-electron chi connectivity index (χ0n) is 14.8. The SMILES string of the molecule is C=Cc1ccc(Cl)c(S(=O)(=O)NC(=O)Nc2nccc(-c3ccc(Br)cc3)n2)c1. The third-order valence-electron chi connectivity index (χ3n) is 3.73. The Labute approximate surface area is 181 Å². The Hall–Kier alpha value is -2.75. The Bertz CT molecular complexity index is 1180. The number of amides is 2. The van der Waals surface area contributed by atoms with Crippen molar-refractivity contribution in [2.75, 3.05) is 5.32 Å². The number of anilines is 1. The van der Waals surface area contributed by atoms with E-state index in [-0.39, 0.29) is 15.9 Å². The summed E-state index contributed by atoms with van der Waals surface area (Å²) in [5, 5.41) is 2.29. The van der Waals surface area contributed by atoms with E-state index in [9.17, 15) is 13.2 Å². The molecule has 0 aliphatic carbocycles. The molecule has 148 valence electrons. The van der Waals surface area contributed by atoms with Crippen molar-refractivity contribution in [2.24, 2.45) is 0 Å². The fraction of sp³-hybridized carbons (Fsp3) is 0. The van der Waals surface area contributed by atoms with Gasteiger partial charge in [-0.15, -0.1) is 0 Å². The number of nitrogens with one attached hydrogen (secondary N) is 2. The second-order valence-corrected chi connectivity index (χ2v) is 8.70. The van der Waals surface area contributed by atoms with E-state index in [0.717, 1.165) is 10.0 Å². The summed E-state index contributed by atoms with van der Waals surface area (Å²) in [6.45, 7) is 3.58. The summed E-state index contributed by atoms with van der Waals surface area (Å²) in [7, 11) is -4.21. The molecule has 10 heteroatoms. The van der Waals surface area contributed by atoms with Gasteiger partial charge in [0.15, 0.2) is 0 Å². The van der Waals surface area contributed by atoms with Crippen LogP contribution in [-0.2, 0) is 10.0 Å². The van der Waals surface area contributed by atoms with Gasteiger partial charge in [-0.05, 0) is 35.9 Å². The normalized spacial score (nSPS) is 11.0. The molecule has 7 nitrogen and oxygen atoms in total. The van der Waals surface area contributed by atoms with Crippen molar-refractivity contribution >= 4 is 55.6 Å². The topological polar surface area (TPSA) is 101 Å². The van der Waals surface area contributed by atoms with Gasteiger partial charge in [-0.2, -0.15) is 0 Å². The molecular formula is C19H14BrClN4O3S. The standard InChI is InChI=1S/C19H14BrClN4O3S/c1-2-12-3-8-15(21)17(11-12)29(27,28)25-19(26)24-18-22-10-9-16(23-18)13-4-6-14(20)7-5-13/h2-11H,1H2,(H2,22,23,24,25,26). The van der Waals surface area contributed by atoms with Crippen molar-refractivity contribution in [3.8, 4) is 11.3 Å². The number of hydrogen-bond donors (Lipinski definition) is 2. The van der Waals surface area contributed by atoms with Crippen molar-refractivity contribution in [3.05, 3.63) is 76.4 Å². The molecule has 0 saturated carbocycles. The van der Waals surface area contributed by atoms with Crippen LogP contribution in [0.25, 0.3) is 17.3 Å². The number of carbonyl (C=O) groups excluding carboxylic acids is 1. The van der Waals surface area contributed by atoms with E-state index in [4.69, 9.17) is 11.6 Å². The highest BCUT2D eigenvalue weighted by atomic mass is 79.9. The lowest BCUT2D eigenvalue weighted by molar-refractivity contribution is 0.256. The first-order valence-electron chi connectivity index (χ1n) is 8.13. The first kappa shape index (κ1) is 21.0. The summed E-state index contributed by atoms with van der Waals surface area (Å²) in [4.78, 5) is 20.1. The van der Waals surface area contributed by atoms with E-state index in [2.05, 4.69) is 37.8 Å². The van der Waals surface area contributed by atoms with Crippen LogP contribution in [0.2, 0.25) is 5.02 Å². The number of hydrogen-bond acceptors (Lipinski definition) is 5. The van der Waals surface area contributed by atoms with Crippen LogP contribution in [0.15, 0.2) is 70.7 Å². The molecule has 0 spiro atoms. The van der Waals surface area contributed by atoms with Crippen molar-refractivity contribution < 1.29 is 13.2 Å². The zero-order valence-corrected chi connectivity index (χ0v) is 17.9. The van der Waals surface area contributed by atoms with Gasteiger partial charge < -0.3 is 0 Å². The van der Waals surface area contributed by atoms with E-state index in [1.54, 1.807) is 12.1 Å². The van der Waals surface area contributed by atoms with Crippen LogP contribution < -0.4 is 10.0 Å². The Morgan fingerprint density at radius 2 is 1.86 bits per heavy atom. The van der Waals surface area contributed by atoms with Crippen molar-refractivity contribution in [1.29, 1.82) is 0 Å². The van der Waals surface area contributed by atoms with Gasteiger partial charge in [-0.3, -0.25) is 5.32 Å². The van der Waals surface area contributed by atoms with E-state index in [0.29, 0.717) is 11.3 Å². The van der Waals surface area contributed by atoms with Crippen LogP contribution in [0.5, 0.6) is 0 Å². The summed E-state index contributed by atoms with van der Waals surface area (Å²) in [5.74, 6) is -0.0518. The molecule has 0 unspecified atom stereocenters. The molecule has 0 atom stereocenters. The van der Waals surface area contributed by atoms with E-state index in [1.807, 2.05) is 29.0 Å². The average Bonchev–Trinajstić information content (AvgIpc) is 2.68. The van der Waals surface area contributed by atoms with Gasteiger partial charge in [0.2, 0.25) is 5.95 Å². The predicted octanol–water partition coefficient (Wildman–Crippen LogP) is 4.71. The van der Waals surface area contributed by atoms with E-state index in [1.165, 1.54) is 24.4 Å². The maximum absolute atomic E-state index is 12.5. The minimum atomic E-state index is -4.21. The van der Waals surface area contributed by atoms with Crippen molar-refractivity contribution in [2.45, 2.75) is 4.90 Å². The number of aromatic nitrogens is 2. The van der Waals surface area contributed by atoms with Crippen LogP contribution in [0.4, 0.5) is 10.7 Å². The Balaban J connectivity index is 1.78. The molecule has 0 fully saturated rings. The van der Waals surface area contributed by atoms with Gasteiger partial charge in [0, 0.05) is 16.2 Å². The number of nitrogens with zero attached hydrogens (tertiary/aromatic N) is 2. The van der Waals surface area contributed by atoms with Gasteiger partial charge in [-0.25, -0.2) is 27.9 Å². The number of halogens is 2. The van der Waals surface area contributed by atoms with Gasteiger partial charge in [0.25, 0.3) is 10.0 Å².